The monoisotopic (exact) mass is 279 g/mol. The molecule has 0 radical (unpaired) electrons. The van der Waals surface area contributed by atoms with Crippen molar-refractivity contribution in [3.05, 3.63) is 65.9 Å². The fourth-order valence-electron chi connectivity index (χ4n) is 2.26. The maximum absolute atomic E-state index is 12.3. The van der Waals surface area contributed by atoms with Crippen molar-refractivity contribution in [2.75, 3.05) is 5.32 Å². The van der Waals surface area contributed by atoms with Crippen molar-refractivity contribution < 1.29 is 9.21 Å². The molecule has 1 aromatic heterocycles. The van der Waals surface area contributed by atoms with Crippen LogP contribution in [0.1, 0.15) is 35.9 Å². The van der Waals surface area contributed by atoms with E-state index in [0.29, 0.717) is 11.7 Å². The van der Waals surface area contributed by atoms with E-state index in [1.807, 2.05) is 42.5 Å². The Hall–Kier alpha value is -2.55. The zero-order valence-electron chi connectivity index (χ0n) is 12.1. The van der Waals surface area contributed by atoms with Crippen LogP contribution in [-0.4, -0.2) is 5.91 Å². The van der Waals surface area contributed by atoms with E-state index in [4.69, 9.17) is 4.42 Å². The van der Waals surface area contributed by atoms with Gasteiger partial charge in [0.05, 0.1) is 0 Å². The molecule has 3 heteroatoms. The zero-order valence-corrected chi connectivity index (χ0v) is 12.1. The average Bonchev–Trinajstić information content (AvgIpc) is 2.91. The van der Waals surface area contributed by atoms with Crippen LogP contribution in [0.2, 0.25) is 0 Å². The third-order valence-electron chi connectivity index (χ3n) is 3.46. The summed E-state index contributed by atoms with van der Waals surface area (Å²) in [5.41, 5.74) is 2.70. The van der Waals surface area contributed by atoms with Crippen LogP contribution in [0, 0.1) is 0 Å². The number of carbonyl (C=O) groups excluding carboxylic acids is 1. The van der Waals surface area contributed by atoms with Crippen LogP contribution in [0.5, 0.6) is 0 Å². The van der Waals surface area contributed by atoms with Gasteiger partial charge in [0.25, 0.3) is 5.91 Å². The molecule has 0 spiro atoms. The van der Waals surface area contributed by atoms with Gasteiger partial charge >= 0.3 is 0 Å². The van der Waals surface area contributed by atoms with Gasteiger partial charge in [0.15, 0.2) is 5.76 Å². The van der Waals surface area contributed by atoms with Crippen molar-refractivity contribution >= 4 is 22.6 Å². The van der Waals surface area contributed by atoms with Crippen LogP contribution in [0.25, 0.3) is 11.0 Å². The minimum absolute atomic E-state index is 0.230. The SMILES string of the molecule is CC(C)c1cccc(NC(=O)c2cc3ccccc3o2)c1. The first kappa shape index (κ1) is 13.4. The van der Waals surface area contributed by atoms with E-state index in [-0.39, 0.29) is 5.91 Å². The number of hydrogen-bond acceptors (Lipinski definition) is 2. The number of fused-ring (bicyclic) bond motifs is 1. The molecule has 0 fully saturated rings. The van der Waals surface area contributed by atoms with E-state index in [0.717, 1.165) is 16.7 Å². The number of para-hydroxylation sites is 1. The number of hydrogen-bond donors (Lipinski definition) is 1. The highest BCUT2D eigenvalue weighted by Crippen LogP contribution is 2.22. The Morgan fingerprint density at radius 3 is 2.62 bits per heavy atom. The van der Waals surface area contributed by atoms with E-state index < -0.39 is 0 Å². The first-order valence-electron chi connectivity index (χ1n) is 7.03. The molecule has 3 nitrogen and oxygen atoms in total. The number of amides is 1. The van der Waals surface area contributed by atoms with Crippen LogP contribution in [0.3, 0.4) is 0 Å². The molecule has 0 saturated heterocycles. The van der Waals surface area contributed by atoms with Gasteiger partial charge in [-0.1, -0.05) is 44.2 Å². The number of nitrogens with one attached hydrogen (secondary N) is 1. The summed E-state index contributed by atoms with van der Waals surface area (Å²) in [6, 6.07) is 17.2. The second kappa shape index (κ2) is 5.44. The smallest absolute Gasteiger partial charge is 0.291 e. The van der Waals surface area contributed by atoms with E-state index in [1.165, 1.54) is 5.56 Å². The molecule has 106 valence electrons. The summed E-state index contributed by atoms with van der Waals surface area (Å²) in [6.45, 7) is 4.25. The third kappa shape index (κ3) is 2.82. The van der Waals surface area contributed by atoms with E-state index in [2.05, 4.69) is 25.2 Å². The van der Waals surface area contributed by atoms with Crippen molar-refractivity contribution in [1.82, 2.24) is 0 Å². The molecule has 0 bridgehead atoms. The Kier molecular flexibility index (Phi) is 3.48. The average molecular weight is 279 g/mol. The molecular weight excluding hydrogens is 262 g/mol. The van der Waals surface area contributed by atoms with Crippen molar-refractivity contribution in [2.24, 2.45) is 0 Å². The lowest BCUT2D eigenvalue weighted by molar-refractivity contribution is 0.0998. The Morgan fingerprint density at radius 1 is 1.05 bits per heavy atom. The Morgan fingerprint density at radius 2 is 1.86 bits per heavy atom. The van der Waals surface area contributed by atoms with Gasteiger partial charge in [0, 0.05) is 11.1 Å². The molecule has 0 saturated carbocycles. The molecule has 3 aromatic rings. The predicted octanol–water partition coefficient (Wildman–Crippen LogP) is 4.81. The fraction of sp³-hybridized carbons (Fsp3) is 0.167. The largest absolute Gasteiger partial charge is 0.451 e. The molecule has 0 aliphatic carbocycles. The second-order valence-corrected chi connectivity index (χ2v) is 5.38. The number of furan rings is 1. The Labute approximate surface area is 123 Å². The summed E-state index contributed by atoms with van der Waals surface area (Å²) in [6.07, 6.45) is 0. The highest BCUT2D eigenvalue weighted by Gasteiger charge is 2.12. The summed E-state index contributed by atoms with van der Waals surface area (Å²) >= 11 is 0. The molecule has 0 unspecified atom stereocenters. The first-order valence-corrected chi connectivity index (χ1v) is 7.03. The molecule has 0 atom stereocenters. The third-order valence-corrected chi connectivity index (χ3v) is 3.46. The van der Waals surface area contributed by atoms with Gasteiger partial charge in [-0.2, -0.15) is 0 Å². The summed E-state index contributed by atoms with van der Waals surface area (Å²) in [7, 11) is 0. The number of benzene rings is 2. The normalized spacial score (nSPS) is 11.0. The van der Waals surface area contributed by atoms with Crippen LogP contribution in [-0.2, 0) is 0 Å². The fourth-order valence-corrected chi connectivity index (χ4v) is 2.26. The predicted molar refractivity (Wildman–Crippen MR) is 84.7 cm³/mol. The van der Waals surface area contributed by atoms with Crippen LogP contribution in [0.15, 0.2) is 59.0 Å². The molecule has 0 aliphatic heterocycles. The van der Waals surface area contributed by atoms with Gasteiger partial charge in [-0.25, -0.2) is 0 Å². The molecular formula is C18H17NO2. The van der Waals surface area contributed by atoms with E-state index in [9.17, 15) is 4.79 Å². The summed E-state index contributed by atoms with van der Waals surface area (Å²) in [5.74, 6) is 0.520. The topological polar surface area (TPSA) is 42.2 Å². The van der Waals surface area contributed by atoms with Crippen molar-refractivity contribution in [3.63, 3.8) is 0 Å². The van der Waals surface area contributed by atoms with Gasteiger partial charge in [-0.05, 0) is 35.7 Å². The summed E-state index contributed by atoms with van der Waals surface area (Å²) in [4.78, 5) is 12.3. The van der Waals surface area contributed by atoms with Crippen molar-refractivity contribution in [2.45, 2.75) is 19.8 Å². The van der Waals surface area contributed by atoms with Crippen molar-refractivity contribution in [3.8, 4) is 0 Å². The molecule has 1 N–H and O–H groups in total. The summed E-state index contributed by atoms with van der Waals surface area (Å²) < 4.78 is 5.57. The molecule has 1 amide bonds. The Bertz CT molecular complexity index is 754. The molecule has 21 heavy (non-hydrogen) atoms. The van der Waals surface area contributed by atoms with Gasteiger partial charge in [0.2, 0.25) is 0 Å². The lowest BCUT2D eigenvalue weighted by atomic mass is 10.0. The second-order valence-electron chi connectivity index (χ2n) is 5.38. The van der Waals surface area contributed by atoms with Crippen LogP contribution >= 0.6 is 0 Å². The van der Waals surface area contributed by atoms with Gasteiger partial charge in [0.1, 0.15) is 5.58 Å². The summed E-state index contributed by atoms with van der Waals surface area (Å²) in [5, 5.41) is 3.81. The number of rotatable bonds is 3. The lowest BCUT2D eigenvalue weighted by Crippen LogP contribution is -2.11. The number of anilines is 1. The molecule has 2 aromatic carbocycles. The van der Waals surface area contributed by atoms with Crippen molar-refractivity contribution in [1.29, 1.82) is 0 Å². The lowest BCUT2D eigenvalue weighted by Gasteiger charge is -2.08. The van der Waals surface area contributed by atoms with Gasteiger partial charge < -0.3 is 9.73 Å². The minimum Gasteiger partial charge on any atom is -0.451 e. The molecule has 0 aliphatic rings. The maximum Gasteiger partial charge on any atom is 0.291 e. The van der Waals surface area contributed by atoms with Gasteiger partial charge in [-0.15, -0.1) is 0 Å². The van der Waals surface area contributed by atoms with Crippen LogP contribution in [0.4, 0.5) is 5.69 Å². The van der Waals surface area contributed by atoms with E-state index in [1.54, 1.807) is 6.07 Å². The Balaban J connectivity index is 1.84. The standard InChI is InChI=1S/C18H17NO2/c1-12(2)13-7-5-8-15(10-13)19-18(20)17-11-14-6-3-4-9-16(14)21-17/h3-12H,1-2H3,(H,19,20). The minimum atomic E-state index is -0.230. The van der Waals surface area contributed by atoms with Gasteiger partial charge in [-0.3, -0.25) is 4.79 Å². The highest BCUT2D eigenvalue weighted by molar-refractivity contribution is 6.04. The first-order chi connectivity index (χ1) is 10.1. The van der Waals surface area contributed by atoms with E-state index >= 15 is 0 Å². The zero-order chi connectivity index (χ0) is 14.8. The quantitative estimate of drug-likeness (QED) is 0.747. The molecule has 1 heterocycles. The maximum atomic E-state index is 12.3. The molecule has 3 rings (SSSR count). The number of carbonyl (C=O) groups is 1. The van der Waals surface area contributed by atoms with Crippen LogP contribution < -0.4 is 5.32 Å². The highest BCUT2D eigenvalue weighted by atomic mass is 16.3.